The number of hydrogen-bond acceptors (Lipinski definition) is 8. The first-order valence-corrected chi connectivity index (χ1v) is 9.11. The Bertz CT molecular complexity index is 1120. The van der Waals surface area contributed by atoms with Crippen molar-refractivity contribution in [3.05, 3.63) is 52.9 Å². The maximum absolute atomic E-state index is 10.6. The number of aliphatic hydroxyl groups excluding tert-OH is 1. The molecule has 3 heterocycles. The highest BCUT2D eigenvalue weighted by Crippen LogP contribution is 2.33. The van der Waals surface area contributed by atoms with Crippen LogP contribution in [-0.4, -0.2) is 36.7 Å². The molecule has 29 heavy (non-hydrogen) atoms. The third-order valence-electron chi connectivity index (χ3n) is 4.65. The summed E-state index contributed by atoms with van der Waals surface area (Å²) in [6, 6.07) is 7.17. The quantitative estimate of drug-likeness (QED) is 0.436. The van der Waals surface area contributed by atoms with Gasteiger partial charge in [-0.05, 0) is 31.2 Å². The molecule has 0 spiro atoms. The molecule has 0 fully saturated rings. The van der Waals surface area contributed by atoms with E-state index >= 15 is 0 Å². The van der Waals surface area contributed by atoms with Gasteiger partial charge in [0, 0.05) is 18.4 Å². The Morgan fingerprint density at radius 2 is 2.17 bits per heavy atom. The van der Waals surface area contributed by atoms with Gasteiger partial charge in [-0.15, -0.1) is 0 Å². The van der Waals surface area contributed by atoms with Crippen molar-refractivity contribution in [1.82, 2.24) is 19.9 Å². The SMILES string of the molecule is Cc1nc(C(C)(O)C#Cc2ccc3c(c2)-n2nc(C(N)O)cc2C(C)CO3)no1. The van der Waals surface area contributed by atoms with E-state index in [0.717, 1.165) is 5.69 Å². The summed E-state index contributed by atoms with van der Waals surface area (Å²) in [6.45, 7) is 5.62. The molecule has 1 aliphatic rings. The first-order chi connectivity index (χ1) is 13.7. The summed E-state index contributed by atoms with van der Waals surface area (Å²) in [4.78, 5) is 4.03. The molecule has 4 rings (SSSR count). The van der Waals surface area contributed by atoms with E-state index < -0.39 is 11.8 Å². The molecule has 0 radical (unpaired) electrons. The Morgan fingerprint density at radius 1 is 1.38 bits per heavy atom. The summed E-state index contributed by atoms with van der Waals surface area (Å²) in [5.41, 5.74) is 6.60. The van der Waals surface area contributed by atoms with Crippen molar-refractivity contribution < 1.29 is 19.5 Å². The van der Waals surface area contributed by atoms with Gasteiger partial charge in [-0.2, -0.15) is 10.1 Å². The lowest BCUT2D eigenvalue weighted by atomic mass is 10.1. The largest absolute Gasteiger partial charge is 0.491 e. The molecule has 0 amide bonds. The second-order valence-electron chi connectivity index (χ2n) is 7.20. The highest BCUT2D eigenvalue weighted by atomic mass is 16.5. The van der Waals surface area contributed by atoms with Gasteiger partial charge in [0.05, 0.1) is 12.3 Å². The fraction of sp³-hybridized carbons (Fsp3) is 0.350. The number of rotatable bonds is 2. The van der Waals surface area contributed by atoms with Gasteiger partial charge in [0.15, 0.2) is 5.60 Å². The third kappa shape index (κ3) is 3.61. The zero-order valence-corrected chi connectivity index (χ0v) is 16.2. The Kier molecular flexibility index (Phi) is 4.62. The number of aromatic nitrogens is 4. The van der Waals surface area contributed by atoms with Gasteiger partial charge in [0.1, 0.15) is 23.4 Å². The molecule has 2 aromatic heterocycles. The summed E-state index contributed by atoms with van der Waals surface area (Å²) < 4.78 is 12.5. The van der Waals surface area contributed by atoms with E-state index in [0.29, 0.717) is 35.2 Å². The van der Waals surface area contributed by atoms with Gasteiger partial charge in [-0.25, -0.2) is 4.68 Å². The molecule has 9 heteroatoms. The lowest BCUT2D eigenvalue weighted by molar-refractivity contribution is 0.108. The van der Waals surface area contributed by atoms with Crippen LogP contribution in [0.2, 0.25) is 0 Å². The Morgan fingerprint density at radius 3 is 2.86 bits per heavy atom. The zero-order valence-electron chi connectivity index (χ0n) is 16.2. The molecule has 1 aliphatic heterocycles. The van der Waals surface area contributed by atoms with Crippen LogP contribution in [0, 0.1) is 18.8 Å². The van der Waals surface area contributed by atoms with Crippen LogP contribution in [0.5, 0.6) is 5.75 Å². The van der Waals surface area contributed by atoms with Gasteiger partial charge in [-0.1, -0.05) is 23.9 Å². The number of fused-ring (bicyclic) bond motifs is 3. The number of ether oxygens (including phenoxy) is 1. The molecule has 0 saturated carbocycles. The topological polar surface area (TPSA) is 132 Å². The van der Waals surface area contributed by atoms with Gasteiger partial charge in [-0.3, -0.25) is 0 Å². The summed E-state index contributed by atoms with van der Waals surface area (Å²) in [5, 5.41) is 28.4. The van der Waals surface area contributed by atoms with E-state index in [1.165, 1.54) is 6.92 Å². The second-order valence-corrected chi connectivity index (χ2v) is 7.20. The summed E-state index contributed by atoms with van der Waals surface area (Å²) in [7, 11) is 0. The van der Waals surface area contributed by atoms with Crippen LogP contribution in [0.25, 0.3) is 5.69 Å². The van der Waals surface area contributed by atoms with Crippen molar-refractivity contribution in [2.75, 3.05) is 6.61 Å². The smallest absolute Gasteiger partial charge is 0.223 e. The number of benzene rings is 1. The molecule has 0 saturated heterocycles. The Hall–Kier alpha value is -3.19. The molecule has 3 atom stereocenters. The van der Waals surface area contributed by atoms with Crippen molar-refractivity contribution in [3.8, 4) is 23.3 Å². The van der Waals surface area contributed by atoms with Crippen LogP contribution in [0.15, 0.2) is 28.8 Å². The standard InChI is InChI=1S/C20H21N5O4/c1-11-10-28-17-5-4-13(6-7-20(3,27)19-22-12(2)29-24-19)8-16(17)25-15(11)9-14(23-25)18(21)26/h4-5,8-9,11,18,26-27H,10,21H2,1-3H3. The van der Waals surface area contributed by atoms with Crippen molar-refractivity contribution >= 4 is 0 Å². The van der Waals surface area contributed by atoms with Crippen LogP contribution in [0.3, 0.4) is 0 Å². The average Bonchev–Trinajstić information content (AvgIpc) is 3.29. The molecule has 3 unspecified atom stereocenters. The number of aryl methyl sites for hydroxylation is 1. The molecule has 1 aromatic carbocycles. The predicted molar refractivity (Wildman–Crippen MR) is 102 cm³/mol. The minimum atomic E-state index is -1.57. The van der Waals surface area contributed by atoms with Crippen molar-refractivity contribution in [3.63, 3.8) is 0 Å². The molecule has 0 aliphatic carbocycles. The van der Waals surface area contributed by atoms with Crippen molar-refractivity contribution in [2.45, 2.75) is 38.5 Å². The van der Waals surface area contributed by atoms with E-state index in [2.05, 4.69) is 27.1 Å². The number of hydrogen-bond donors (Lipinski definition) is 3. The minimum Gasteiger partial charge on any atom is -0.491 e. The van der Waals surface area contributed by atoms with E-state index in [-0.39, 0.29) is 11.7 Å². The average molecular weight is 395 g/mol. The van der Waals surface area contributed by atoms with Gasteiger partial charge in [0.2, 0.25) is 11.7 Å². The maximum Gasteiger partial charge on any atom is 0.223 e. The van der Waals surface area contributed by atoms with Gasteiger partial charge >= 0.3 is 0 Å². The van der Waals surface area contributed by atoms with Gasteiger partial charge in [0.25, 0.3) is 0 Å². The van der Waals surface area contributed by atoms with E-state index in [9.17, 15) is 10.2 Å². The fourth-order valence-electron chi connectivity index (χ4n) is 3.03. The number of aliphatic hydroxyl groups is 2. The third-order valence-corrected chi connectivity index (χ3v) is 4.65. The van der Waals surface area contributed by atoms with Crippen LogP contribution in [-0.2, 0) is 5.60 Å². The molecule has 0 bridgehead atoms. The predicted octanol–water partition coefficient (Wildman–Crippen LogP) is 1.27. The number of nitrogens with two attached hydrogens (primary N) is 1. The monoisotopic (exact) mass is 395 g/mol. The van der Waals surface area contributed by atoms with Crippen LogP contribution in [0.4, 0.5) is 0 Å². The van der Waals surface area contributed by atoms with Crippen LogP contribution < -0.4 is 10.5 Å². The summed E-state index contributed by atoms with van der Waals surface area (Å²) in [5.74, 6) is 6.86. The summed E-state index contributed by atoms with van der Waals surface area (Å²) >= 11 is 0. The number of nitrogens with zero attached hydrogens (tertiary/aromatic N) is 4. The van der Waals surface area contributed by atoms with E-state index in [1.54, 1.807) is 35.9 Å². The highest BCUT2D eigenvalue weighted by molar-refractivity contribution is 5.54. The molecule has 9 nitrogen and oxygen atoms in total. The lowest BCUT2D eigenvalue weighted by Gasteiger charge is -2.11. The second kappa shape index (κ2) is 7.00. The van der Waals surface area contributed by atoms with E-state index in [4.69, 9.17) is 15.0 Å². The van der Waals surface area contributed by atoms with Crippen LogP contribution >= 0.6 is 0 Å². The Balaban J connectivity index is 1.75. The maximum atomic E-state index is 10.6. The summed E-state index contributed by atoms with van der Waals surface area (Å²) in [6.07, 6.45) is -1.16. The molecular formula is C20H21N5O4. The first-order valence-electron chi connectivity index (χ1n) is 9.11. The minimum absolute atomic E-state index is 0.0548. The van der Waals surface area contributed by atoms with Crippen molar-refractivity contribution in [1.29, 1.82) is 0 Å². The molecule has 150 valence electrons. The normalized spacial score (nSPS) is 18.3. The first kappa shape index (κ1) is 19.1. The fourth-order valence-corrected chi connectivity index (χ4v) is 3.03. The lowest BCUT2D eigenvalue weighted by Crippen LogP contribution is -2.20. The zero-order chi connectivity index (χ0) is 20.8. The van der Waals surface area contributed by atoms with Crippen molar-refractivity contribution in [2.24, 2.45) is 5.73 Å². The molecular weight excluding hydrogens is 374 g/mol. The van der Waals surface area contributed by atoms with E-state index in [1.807, 2.05) is 6.92 Å². The highest BCUT2D eigenvalue weighted by Gasteiger charge is 2.27. The molecule has 4 N–H and O–H groups in total. The Labute approximate surface area is 167 Å². The van der Waals surface area contributed by atoms with Crippen LogP contribution in [0.1, 0.15) is 54.7 Å². The molecule has 3 aromatic rings. The van der Waals surface area contributed by atoms with Gasteiger partial charge < -0.3 is 25.2 Å².